The van der Waals surface area contributed by atoms with E-state index in [0.29, 0.717) is 5.56 Å². The van der Waals surface area contributed by atoms with E-state index in [2.05, 4.69) is 0 Å². The van der Waals surface area contributed by atoms with E-state index < -0.39 is 13.4 Å². The molecule has 0 aliphatic rings. The Morgan fingerprint density at radius 2 is 1.71 bits per heavy atom. The van der Waals surface area contributed by atoms with Crippen molar-refractivity contribution in [1.29, 1.82) is 0 Å². The predicted octanol–water partition coefficient (Wildman–Crippen LogP) is 3.05. The van der Waals surface area contributed by atoms with Gasteiger partial charge < -0.3 is 14.8 Å². The van der Waals surface area contributed by atoms with Crippen LogP contribution in [0.25, 0.3) is 0 Å². The Morgan fingerprint density at radius 3 is 2.12 bits per heavy atom. The SMILES string of the molecule is CCOP(=O)(OCC)C(N)c1ccc(F)cc1. The molecule has 0 saturated carbocycles. The summed E-state index contributed by atoms with van der Waals surface area (Å²) in [5.74, 6) is -1.27. The van der Waals surface area contributed by atoms with E-state index in [1.165, 1.54) is 24.3 Å². The fourth-order valence-corrected chi connectivity index (χ4v) is 3.05. The standard InChI is InChI=1S/C11H17FNO3P/c1-3-15-17(14,16-4-2)11(13)9-5-7-10(12)8-6-9/h5-8,11H,3-4,13H2,1-2H3. The van der Waals surface area contributed by atoms with Crippen LogP contribution in [0.2, 0.25) is 0 Å². The quantitative estimate of drug-likeness (QED) is 0.799. The summed E-state index contributed by atoms with van der Waals surface area (Å²) in [4.78, 5) is 0. The Hall–Kier alpha value is -0.740. The van der Waals surface area contributed by atoms with Gasteiger partial charge in [-0.15, -0.1) is 0 Å². The molecule has 0 spiro atoms. The summed E-state index contributed by atoms with van der Waals surface area (Å²) in [6.07, 6.45) is 0. The van der Waals surface area contributed by atoms with Gasteiger partial charge >= 0.3 is 7.60 Å². The van der Waals surface area contributed by atoms with E-state index in [1.54, 1.807) is 13.8 Å². The zero-order valence-corrected chi connectivity index (χ0v) is 10.8. The van der Waals surface area contributed by atoms with Crippen molar-refractivity contribution in [2.24, 2.45) is 5.73 Å². The minimum atomic E-state index is -3.39. The third-order valence-corrected chi connectivity index (χ3v) is 4.39. The Kier molecular flexibility index (Phi) is 5.28. The van der Waals surface area contributed by atoms with Crippen molar-refractivity contribution in [1.82, 2.24) is 0 Å². The van der Waals surface area contributed by atoms with Gasteiger partial charge in [-0.25, -0.2) is 4.39 Å². The lowest BCUT2D eigenvalue weighted by atomic mass is 10.2. The molecule has 1 atom stereocenters. The number of hydrogen-bond donors (Lipinski definition) is 1. The van der Waals surface area contributed by atoms with Crippen LogP contribution >= 0.6 is 7.60 Å². The van der Waals surface area contributed by atoms with Crippen molar-refractivity contribution < 1.29 is 18.0 Å². The molecule has 1 aromatic rings. The Labute approximate surface area is 100 Å². The zero-order chi connectivity index (χ0) is 12.9. The molecule has 0 amide bonds. The number of nitrogens with two attached hydrogens (primary N) is 1. The number of rotatable bonds is 6. The molecule has 0 aromatic heterocycles. The highest BCUT2D eigenvalue weighted by Gasteiger charge is 2.33. The van der Waals surface area contributed by atoms with Gasteiger partial charge in [0.15, 0.2) is 0 Å². The molecule has 0 radical (unpaired) electrons. The second-order valence-corrected chi connectivity index (χ2v) is 5.52. The average Bonchev–Trinajstić information content (AvgIpc) is 2.30. The van der Waals surface area contributed by atoms with Crippen LogP contribution in [0.5, 0.6) is 0 Å². The van der Waals surface area contributed by atoms with Crippen molar-refractivity contribution in [3.8, 4) is 0 Å². The summed E-state index contributed by atoms with van der Waals surface area (Å²) in [5.41, 5.74) is 6.38. The molecule has 2 N–H and O–H groups in total. The Balaban J connectivity index is 2.95. The summed E-state index contributed by atoms with van der Waals surface area (Å²) in [6.45, 7) is 3.91. The van der Waals surface area contributed by atoms with E-state index in [-0.39, 0.29) is 19.0 Å². The normalized spacial score (nSPS) is 13.6. The largest absolute Gasteiger partial charge is 0.351 e. The lowest BCUT2D eigenvalue weighted by Crippen LogP contribution is -2.15. The first-order valence-electron chi connectivity index (χ1n) is 5.43. The molecule has 6 heteroatoms. The molecule has 1 aromatic carbocycles. The second-order valence-electron chi connectivity index (χ2n) is 3.37. The molecule has 17 heavy (non-hydrogen) atoms. The Bertz CT molecular complexity index is 386. The van der Waals surface area contributed by atoms with Gasteiger partial charge in [0.2, 0.25) is 0 Å². The summed E-state index contributed by atoms with van der Waals surface area (Å²) < 4.78 is 35.4. The molecule has 0 heterocycles. The first kappa shape index (κ1) is 14.3. The fourth-order valence-electron chi connectivity index (χ4n) is 1.40. The maximum atomic E-state index is 12.8. The molecule has 96 valence electrons. The van der Waals surface area contributed by atoms with Crippen LogP contribution in [-0.2, 0) is 13.6 Å². The molecule has 1 rings (SSSR count). The van der Waals surface area contributed by atoms with Crippen LogP contribution in [-0.4, -0.2) is 13.2 Å². The smallest absolute Gasteiger partial charge is 0.314 e. The van der Waals surface area contributed by atoms with Gasteiger partial charge in [0.05, 0.1) is 13.2 Å². The first-order valence-corrected chi connectivity index (χ1v) is 7.04. The Morgan fingerprint density at radius 1 is 1.24 bits per heavy atom. The van der Waals surface area contributed by atoms with Crippen LogP contribution in [0.4, 0.5) is 4.39 Å². The molecule has 0 bridgehead atoms. The van der Waals surface area contributed by atoms with Crippen molar-refractivity contribution in [3.05, 3.63) is 35.6 Å². The van der Waals surface area contributed by atoms with E-state index in [1.807, 2.05) is 0 Å². The minimum Gasteiger partial charge on any atom is -0.314 e. The topological polar surface area (TPSA) is 61.5 Å². The van der Waals surface area contributed by atoms with Crippen LogP contribution < -0.4 is 5.73 Å². The minimum absolute atomic E-state index is 0.242. The maximum Gasteiger partial charge on any atom is 0.351 e. The summed E-state index contributed by atoms with van der Waals surface area (Å²) >= 11 is 0. The lowest BCUT2D eigenvalue weighted by Gasteiger charge is -2.23. The highest BCUT2D eigenvalue weighted by Crippen LogP contribution is 2.58. The van der Waals surface area contributed by atoms with Gasteiger partial charge in [-0.05, 0) is 31.5 Å². The van der Waals surface area contributed by atoms with Gasteiger partial charge in [0.1, 0.15) is 11.6 Å². The van der Waals surface area contributed by atoms with Crippen molar-refractivity contribution >= 4 is 7.60 Å². The molecule has 4 nitrogen and oxygen atoms in total. The van der Waals surface area contributed by atoms with E-state index in [4.69, 9.17) is 14.8 Å². The molecule has 0 aliphatic carbocycles. The van der Waals surface area contributed by atoms with E-state index in [0.717, 1.165) is 0 Å². The first-order chi connectivity index (χ1) is 8.03. The molecular weight excluding hydrogens is 244 g/mol. The highest BCUT2D eigenvalue weighted by molar-refractivity contribution is 7.54. The number of hydrogen-bond acceptors (Lipinski definition) is 4. The van der Waals surface area contributed by atoms with Gasteiger partial charge in [-0.1, -0.05) is 12.1 Å². The van der Waals surface area contributed by atoms with E-state index in [9.17, 15) is 8.96 Å². The molecule has 0 aliphatic heterocycles. The van der Waals surface area contributed by atoms with Crippen molar-refractivity contribution in [2.75, 3.05) is 13.2 Å². The van der Waals surface area contributed by atoms with Gasteiger partial charge in [0, 0.05) is 0 Å². The van der Waals surface area contributed by atoms with E-state index >= 15 is 0 Å². The fraction of sp³-hybridized carbons (Fsp3) is 0.455. The summed E-state index contributed by atoms with van der Waals surface area (Å²) in [6, 6.07) is 5.48. The van der Waals surface area contributed by atoms with Crippen LogP contribution in [0.3, 0.4) is 0 Å². The molecule has 0 fully saturated rings. The number of benzene rings is 1. The lowest BCUT2D eigenvalue weighted by molar-refractivity contribution is 0.212. The molecular formula is C11H17FNO3P. The maximum absolute atomic E-state index is 12.8. The van der Waals surface area contributed by atoms with Crippen LogP contribution in [0, 0.1) is 5.82 Å². The third-order valence-electron chi connectivity index (χ3n) is 2.17. The summed E-state index contributed by atoms with van der Waals surface area (Å²) in [5, 5.41) is 0. The zero-order valence-electron chi connectivity index (χ0n) is 9.93. The van der Waals surface area contributed by atoms with Crippen molar-refractivity contribution in [2.45, 2.75) is 19.6 Å². The van der Waals surface area contributed by atoms with Crippen molar-refractivity contribution in [3.63, 3.8) is 0 Å². The van der Waals surface area contributed by atoms with Crippen LogP contribution in [0.15, 0.2) is 24.3 Å². The monoisotopic (exact) mass is 261 g/mol. The number of halogens is 1. The van der Waals surface area contributed by atoms with Gasteiger partial charge in [0.25, 0.3) is 0 Å². The molecule has 1 unspecified atom stereocenters. The predicted molar refractivity (Wildman–Crippen MR) is 64.2 cm³/mol. The highest BCUT2D eigenvalue weighted by atomic mass is 31.2. The van der Waals surface area contributed by atoms with Gasteiger partial charge in [-0.2, -0.15) is 0 Å². The van der Waals surface area contributed by atoms with Gasteiger partial charge in [-0.3, -0.25) is 4.57 Å². The summed E-state index contributed by atoms with van der Waals surface area (Å²) in [7, 11) is -3.39. The average molecular weight is 261 g/mol. The van der Waals surface area contributed by atoms with Crippen LogP contribution in [0.1, 0.15) is 25.2 Å². The second kappa shape index (κ2) is 6.26. The third kappa shape index (κ3) is 3.61. The molecule has 0 saturated heterocycles.